The van der Waals surface area contributed by atoms with Crippen LogP contribution in [-0.2, 0) is 9.16 Å². The maximum Gasteiger partial charge on any atom is 0.261 e. The highest BCUT2D eigenvalue weighted by Crippen LogP contribution is 2.39. The monoisotopic (exact) mass is 382 g/mol. The maximum absolute atomic E-state index is 10.7. The zero-order chi connectivity index (χ0) is 19.7. The van der Waals surface area contributed by atoms with Crippen LogP contribution in [0.15, 0.2) is 73.0 Å². The normalized spacial score (nSPS) is 23.9. The molecule has 3 nitrogen and oxygen atoms in total. The van der Waals surface area contributed by atoms with Crippen molar-refractivity contribution in [2.75, 3.05) is 0 Å². The molecule has 3 atom stereocenters. The van der Waals surface area contributed by atoms with Gasteiger partial charge in [-0.2, -0.15) is 0 Å². The minimum Gasteiger partial charge on any atom is -0.492 e. The Morgan fingerprint density at radius 2 is 1.48 bits per heavy atom. The predicted molar refractivity (Wildman–Crippen MR) is 113 cm³/mol. The van der Waals surface area contributed by atoms with Gasteiger partial charge in [0, 0.05) is 0 Å². The fourth-order valence-corrected chi connectivity index (χ4v) is 8.81. The molecule has 0 bridgehead atoms. The fourth-order valence-electron chi connectivity index (χ4n) is 4.11. The van der Waals surface area contributed by atoms with Gasteiger partial charge in [-0.15, -0.1) is 0 Å². The summed E-state index contributed by atoms with van der Waals surface area (Å²) in [7, 11) is -2.66. The van der Waals surface area contributed by atoms with Crippen LogP contribution in [0.4, 0.5) is 0 Å². The molecule has 0 spiro atoms. The van der Waals surface area contributed by atoms with E-state index >= 15 is 0 Å². The number of aliphatic hydroxyl groups is 1. The average Bonchev–Trinajstić information content (AvgIpc) is 2.99. The van der Waals surface area contributed by atoms with Crippen molar-refractivity contribution < 1.29 is 14.3 Å². The van der Waals surface area contributed by atoms with Gasteiger partial charge >= 0.3 is 0 Å². The maximum atomic E-state index is 10.7. The number of ether oxygens (including phenoxy) is 1. The second-order valence-electron chi connectivity index (χ2n) is 8.57. The van der Waals surface area contributed by atoms with Gasteiger partial charge < -0.3 is 14.3 Å². The van der Waals surface area contributed by atoms with Gasteiger partial charge in [0.25, 0.3) is 8.32 Å². The standard InChI is InChI=1S/C23H30O3Si/c1-18(21-23(5,24)16-17-25-21)26-27(22(2,3)4,19-12-8-6-9-13-19)20-14-10-7-11-15-20/h6-18,21,24H,1-5H3/t18-,21-,23-/m1/s1. The zero-order valence-electron chi connectivity index (χ0n) is 16.8. The zero-order valence-corrected chi connectivity index (χ0v) is 17.8. The first-order valence-corrected chi connectivity index (χ1v) is 11.4. The highest BCUT2D eigenvalue weighted by atomic mass is 28.4. The molecule has 27 heavy (non-hydrogen) atoms. The van der Waals surface area contributed by atoms with Gasteiger partial charge in [-0.05, 0) is 35.3 Å². The lowest BCUT2D eigenvalue weighted by atomic mass is 9.97. The van der Waals surface area contributed by atoms with E-state index in [-0.39, 0.29) is 11.1 Å². The molecule has 0 unspecified atom stereocenters. The van der Waals surface area contributed by atoms with Crippen LogP contribution in [0, 0.1) is 0 Å². The van der Waals surface area contributed by atoms with Crippen molar-refractivity contribution in [1.29, 1.82) is 0 Å². The lowest BCUT2D eigenvalue weighted by molar-refractivity contribution is -0.0636. The molecule has 1 N–H and O–H groups in total. The van der Waals surface area contributed by atoms with Crippen LogP contribution in [0.3, 0.4) is 0 Å². The number of rotatable bonds is 5. The Kier molecular flexibility index (Phi) is 5.35. The number of hydrogen-bond acceptors (Lipinski definition) is 3. The first-order valence-electron chi connectivity index (χ1n) is 9.53. The van der Waals surface area contributed by atoms with Crippen LogP contribution >= 0.6 is 0 Å². The highest BCUT2D eigenvalue weighted by molar-refractivity contribution is 6.99. The molecular formula is C23H30O3Si. The summed E-state index contributed by atoms with van der Waals surface area (Å²) in [6, 6.07) is 21.0. The van der Waals surface area contributed by atoms with E-state index in [2.05, 4.69) is 69.3 Å². The molecule has 1 aliphatic rings. The lowest BCUT2D eigenvalue weighted by Gasteiger charge is -2.46. The molecule has 0 fully saturated rings. The second kappa shape index (κ2) is 7.27. The van der Waals surface area contributed by atoms with Gasteiger partial charge in [0.2, 0.25) is 0 Å². The number of hydrogen-bond donors (Lipinski definition) is 1. The Bertz CT molecular complexity index is 739. The average molecular weight is 383 g/mol. The van der Waals surface area contributed by atoms with E-state index in [1.54, 1.807) is 19.3 Å². The highest BCUT2D eigenvalue weighted by Gasteiger charge is 2.53. The molecule has 0 amide bonds. The van der Waals surface area contributed by atoms with Crippen molar-refractivity contribution in [1.82, 2.24) is 0 Å². The summed E-state index contributed by atoms with van der Waals surface area (Å²) in [5.74, 6) is 0. The smallest absolute Gasteiger partial charge is 0.261 e. The largest absolute Gasteiger partial charge is 0.492 e. The minimum atomic E-state index is -2.66. The molecule has 0 saturated carbocycles. The van der Waals surface area contributed by atoms with Crippen LogP contribution in [0.25, 0.3) is 0 Å². The molecule has 1 heterocycles. The third-order valence-corrected chi connectivity index (χ3v) is 10.5. The van der Waals surface area contributed by atoms with Gasteiger partial charge in [0.1, 0.15) is 5.60 Å². The molecule has 4 heteroatoms. The molecule has 0 aliphatic carbocycles. The SMILES string of the molecule is C[C@@H](O[Si](c1ccccc1)(c1ccccc1)C(C)(C)C)[C@H]1OC=C[C@@]1(C)O. The third-order valence-electron chi connectivity index (χ3n) is 5.41. The Hall–Kier alpha value is -1.88. The Labute approximate surface area is 163 Å². The van der Waals surface area contributed by atoms with E-state index in [4.69, 9.17) is 9.16 Å². The van der Waals surface area contributed by atoms with E-state index in [9.17, 15) is 5.11 Å². The quantitative estimate of drug-likeness (QED) is 0.803. The molecule has 144 valence electrons. The van der Waals surface area contributed by atoms with Gasteiger partial charge in [-0.1, -0.05) is 81.4 Å². The van der Waals surface area contributed by atoms with E-state index in [0.29, 0.717) is 0 Å². The molecule has 2 aromatic carbocycles. The lowest BCUT2D eigenvalue weighted by Crippen LogP contribution is -2.68. The van der Waals surface area contributed by atoms with Crippen molar-refractivity contribution in [2.45, 2.75) is 57.5 Å². The van der Waals surface area contributed by atoms with Crippen LogP contribution in [0.5, 0.6) is 0 Å². The van der Waals surface area contributed by atoms with Gasteiger partial charge in [0.05, 0.1) is 12.4 Å². The molecule has 0 radical (unpaired) electrons. The topological polar surface area (TPSA) is 38.7 Å². The molecule has 0 saturated heterocycles. The first kappa shape index (κ1) is 19.9. The van der Waals surface area contributed by atoms with Crippen molar-refractivity contribution in [3.63, 3.8) is 0 Å². The first-order chi connectivity index (χ1) is 12.7. The number of benzene rings is 2. The van der Waals surface area contributed by atoms with Gasteiger partial charge in [-0.25, -0.2) is 0 Å². The van der Waals surface area contributed by atoms with Crippen LogP contribution in [0.1, 0.15) is 34.6 Å². The fraction of sp³-hybridized carbons (Fsp3) is 0.391. The molecule has 0 aromatic heterocycles. The Morgan fingerprint density at radius 3 is 1.85 bits per heavy atom. The molecule has 3 rings (SSSR count). The summed E-state index contributed by atoms with van der Waals surface area (Å²) in [6.07, 6.45) is 2.57. The summed E-state index contributed by atoms with van der Waals surface area (Å²) >= 11 is 0. The molecular weight excluding hydrogens is 352 g/mol. The van der Waals surface area contributed by atoms with Crippen molar-refractivity contribution in [3.8, 4) is 0 Å². The minimum absolute atomic E-state index is 0.109. The third kappa shape index (κ3) is 3.62. The van der Waals surface area contributed by atoms with E-state index < -0.39 is 20.0 Å². The summed E-state index contributed by atoms with van der Waals surface area (Å²) < 4.78 is 12.7. The van der Waals surface area contributed by atoms with Crippen LogP contribution in [-0.4, -0.2) is 31.2 Å². The van der Waals surface area contributed by atoms with Crippen molar-refractivity contribution >= 4 is 18.7 Å². The van der Waals surface area contributed by atoms with Crippen molar-refractivity contribution in [2.24, 2.45) is 0 Å². The van der Waals surface area contributed by atoms with Crippen LogP contribution < -0.4 is 10.4 Å². The summed E-state index contributed by atoms with van der Waals surface area (Å²) in [6.45, 7) is 10.5. The Morgan fingerprint density at radius 1 is 1.00 bits per heavy atom. The summed E-state index contributed by atoms with van der Waals surface area (Å²) in [5, 5.41) is 13.0. The van der Waals surface area contributed by atoms with E-state index in [0.717, 1.165) is 0 Å². The van der Waals surface area contributed by atoms with Crippen molar-refractivity contribution in [3.05, 3.63) is 73.0 Å². The Balaban J connectivity index is 2.12. The second-order valence-corrected chi connectivity index (χ2v) is 12.8. The summed E-state index contributed by atoms with van der Waals surface area (Å²) in [4.78, 5) is 0. The summed E-state index contributed by atoms with van der Waals surface area (Å²) in [5.41, 5.74) is -1.04. The van der Waals surface area contributed by atoms with Gasteiger partial charge in [-0.3, -0.25) is 0 Å². The van der Waals surface area contributed by atoms with E-state index in [1.807, 2.05) is 19.1 Å². The molecule has 2 aromatic rings. The molecule has 1 aliphatic heterocycles. The van der Waals surface area contributed by atoms with Gasteiger partial charge in [0.15, 0.2) is 6.10 Å². The predicted octanol–water partition coefficient (Wildman–Crippen LogP) is 3.62. The van der Waals surface area contributed by atoms with Crippen LogP contribution in [0.2, 0.25) is 5.04 Å². The van der Waals surface area contributed by atoms with E-state index in [1.165, 1.54) is 10.4 Å².